The van der Waals surface area contributed by atoms with Gasteiger partial charge in [0.15, 0.2) is 0 Å². The van der Waals surface area contributed by atoms with Gasteiger partial charge in [-0.25, -0.2) is 4.79 Å². The van der Waals surface area contributed by atoms with Gasteiger partial charge in [-0.1, -0.05) is 23.7 Å². The molecule has 1 amide bonds. The largest absolute Gasteiger partial charge is 0.491 e. The summed E-state index contributed by atoms with van der Waals surface area (Å²) in [6.45, 7) is 3.74. The molecule has 30 heavy (non-hydrogen) atoms. The van der Waals surface area contributed by atoms with Crippen molar-refractivity contribution in [3.8, 4) is 5.75 Å². The Labute approximate surface area is 180 Å². The maximum atomic E-state index is 12.7. The first-order valence-corrected chi connectivity index (χ1v) is 10.4. The van der Waals surface area contributed by atoms with Crippen LogP contribution in [0.15, 0.2) is 42.5 Å². The Hall–Kier alpha value is -2.70. The number of aromatic amines is 1. The lowest BCUT2D eigenvalue weighted by atomic mass is 9.92. The van der Waals surface area contributed by atoms with Crippen LogP contribution in [-0.2, 0) is 15.9 Å². The van der Waals surface area contributed by atoms with Crippen LogP contribution in [0.4, 0.5) is 4.79 Å². The van der Waals surface area contributed by atoms with Crippen molar-refractivity contribution in [3.63, 3.8) is 0 Å². The molecule has 0 bridgehead atoms. The first-order chi connectivity index (χ1) is 14.6. The van der Waals surface area contributed by atoms with E-state index in [2.05, 4.69) is 4.98 Å². The number of aromatic nitrogens is 1. The molecule has 3 aromatic rings. The average molecular weight is 429 g/mol. The zero-order valence-corrected chi connectivity index (χ0v) is 17.9. The van der Waals surface area contributed by atoms with Crippen molar-refractivity contribution >= 4 is 28.6 Å². The monoisotopic (exact) mass is 428 g/mol. The third-order valence-corrected chi connectivity index (χ3v) is 5.58. The summed E-state index contributed by atoms with van der Waals surface area (Å²) in [7, 11) is 1.64. The molecule has 2 aromatic carbocycles. The van der Waals surface area contributed by atoms with Crippen LogP contribution >= 0.6 is 11.6 Å². The molecular formula is C23H25ClN2O4. The molecule has 4 rings (SSSR count). The first kappa shape index (κ1) is 20.6. The van der Waals surface area contributed by atoms with E-state index < -0.39 is 0 Å². The number of hydrogen-bond acceptors (Lipinski definition) is 4. The van der Waals surface area contributed by atoms with E-state index in [4.69, 9.17) is 25.8 Å². The lowest BCUT2D eigenvalue weighted by molar-refractivity contribution is 0.0932. The predicted octanol–water partition coefficient (Wildman–Crippen LogP) is 4.95. The van der Waals surface area contributed by atoms with E-state index in [0.29, 0.717) is 31.4 Å². The van der Waals surface area contributed by atoms with Crippen molar-refractivity contribution in [2.75, 3.05) is 33.5 Å². The number of benzene rings is 2. The molecule has 0 saturated heterocycles. The van der Waals surface area contributed by atoms with E-state index in [0.717, 1.165) is 34.3 Å². The number of fused-ring (bicyclic) bond motifs is 3. The second-order valence-electron chi connectivity index (χ2n) is 7.16. The topological polar surface area (TPSA) is 63.8 Å². The molecule has 158 valence electrons. The second-order valence-corrected chi connectivity index (χ2v) is 7.60. The number of nitrogens with zero attached hydrogens (tertiary/aromatic N) is 1. The summed E-state index contributed by atoms with van der Waals surface area (Å²) in [5.74, 6) is 0.762. The highest BCUT2D eigenvalue weighted by Crippen LogP contribution is 2.39. The van der Waals surface area contributed by atoms with E-state index in [9.17, 15) is 4.79 Å². The van der Waals surface area contributed by atoms with Gasteiger partial charge >= 0.3 is 6.09 Å². The highest BCUT2D eigenvalue weighted by Gasteiger charge is 2.35. The van der Waals surface area contributed by atoms with Crippen LogP contribution in [0, 0.1) is 0 Å². The van der Waals surface area contributed by atoms with E-state index in [-0.39, 0.29) is 12.1 Å². The van der Waals surface area contributed by atoms with Crippen LogP contribution in [0.1, 0.15) is 29.8 Å². The van der Waals surface area contributed by atoms with Gasteiger partial charge in [-0.05, 0) is 54.8 Å². The van der Waals surface area contributed by atoms with E-state index >= 15 is 0 Å². The fourth-order valence-corrected chi connectivity index (χ4v) is 4.17. The fourth-order valence-electron chi connectivity index (χ4n) is 4.00. The van der Waals surface area contributed by atoms with Gasteiger partial charge in [0.2, 0.25) is 0 Å². The quantitative estimate of drug-likeness (QED) is 0.564. The van der Waals surface area contributed by atoms with Crippen LogP contribution in [-0.4, -0.2) is 49.5 Å². The molecule has 1 aliphatic rings. The summed E-state index contributed by atoms with van der Waals surface area (Å²) in [5, 5.41) is 1.80. The van der Waals surface area contributed by atoms with E-state index in [1.165, 1.54) is 5.56 Å². The van der Waals surface area contributed by atoms with Crippen LogP contribution in [0.25, 0.3) is 10.9 Å². The van der Waals surface area contributed by atoms with Gasteiger partial charge in [-0.2, -0.15) is 0 Å². The van der Waals surface area contributed by atoms with E-state index in [1.807, 2.05) is 49.4 Å². The summed E-state index contributed by atoms with van der Waals surface area (Å²) in [4.78, 5) is 18.0. The van der Waals surface area contributed by atoms with Crippen molar-refractivity contribution in [1.82, 2.24) is 9.88 Å². The molecule has 1 N–H and O–H groups in total. The second kappa shape index (κ2) is 8.98. The van der Waals surface area contributed by atoms with Gasteiger partial charge in [0.25, 0.3) is 0 Å². The lowest BCUT2D eigenvalue weighted by Gasteiger charge is -2.35. The van der Waals surface area contributed by atoms with Crippen molar-refractivity contribution in [2.24, 2.45) is 0 Å². The zero-order chi connectivity index (χ0) is 21.1. The maximum absolute atomic E-state index is 12.7. The third-order valence-electron chi connectivity index (χ3n) is 5.34. The Balaban J connectivity index is 1.73. The number of carbonyl (C=O) groups excluding carboxylic acids is 1. The summed E-state index contributed by atoms with van der Waals surface area (Å²) in [5.41, 5.74) is 4.19. The number of amides is 1. The van der Waals surface area contributed by atoms with Crippen molar-refractivity contribution in [2.45, 2.75) is 19.4 Å². The molecule has 2 heterocycles. The SMILES string of the molecule is CCOC(=O)N1CCc2c([nH]c3ccc(Cl)cc23)C1c1ccc(OCCOC)cc1. The summed E-state index contributed by atoms with van der Waals surface area (Å²) in [6.07, 6.45) is 0.425. The number of ether oxygens (including phenoxy) is 3. The third kappa shape index (κ3) is 3.98. The van der Waals surface area contributed by atoms with Gasteiger partial charge in [0.1, 0.15) is 18.4 Å². The van der Waals surface area contributed by atoms with Crippen molar-refractivity contribution in [1.29, 1.82) is 0 Å². The van der Waals surface area contributed by atoms with Crippen molar-refractivity contribution in [3.05, 3.63) is 64.3 Å². The molecule has 7 heteroatoms. The number of hydrogen-bond donors (Lipinski definition) is 1. The summed E-state index contributed by atoms with van der Waals surface area (Å²) >= 11 is 6.24. The van der Waals surface area contributed by atoms with Crippen LogP contribution < -0.4 is 4.74 Å². The smallest absolute Gasteiger partial charge is 0.410 e. The molecule has 1 unspecified atom stereocenters. The molecule has 1 aromatic heterocycles. The molecule has 6 nitrogen and oxygen atoms in total. The normalized spacial score (nSPS) is 15.8. The van der Waals surface area contributed by atoms with Crippen molar-refractivity contribution < 1.29 is 19.0 Å². The van der Waals surface area contributed by atoms with Gasteiger partial charge in [0, 0.05) is 35.3 Å². The molecule has 1 atom stereocenters. The Morgan fingerprint density at radius 3 is 2.73 bits per heavy atom. The first-order valence-electron chi connectivity index (χ1n) is 10.1. The highest BCUT2D eigenvalue weighted by atomic mass is 35.5. The maximum Gasteiger partial charge on any atom is 0.410 e. The molecule has 1 aliphatic heterocycles. The number of carbonyl (C=O) groups is 1. The number of rotatable bonds is 6. The van der Waals surface area contributed by atoms with Crippen LogP contribution in [0.5, 0.6) is 5.75 Å². The minimum Gasteiger partial charge on any atom is -0.491 e. The Kier molecular flexibility index (Phi) is 6.16. The Morgan fingerprint density at radius 1 is 1.20 bits per heavy atom. The van der Waals surface area contributed by atoms with Gasteiger partial charge in [-0.15, -0.1) is 0 Å². The number of halogens is 1. The molecular weight excluding hydrogens is 404 g/mol. The van der Waals surface area contributed by atoms with E-state index in [1.54, 1.807) is 12.0 Å². The molecule has 0 radical (unpaired) electrons. The lowest BCUT2D eigenvalue weighted by Crippen LogP contribution is -2.40. The molecule has 0 aliphatic carbocycles. The highest BCUT2D eigenvalue weighted by molar-refractivity contribution is 6.31. The standard InChI is InChI=1S/C23H25ClN2O4/c1-3-29-23(27)26-11-10-18-19-14-16(24)6-9-20(19)25-21(18)22(26)15-4-7-17(8-5-15)30-13-12-28-2/h4-9,14,22,25H,3,10-13H2,1-2H3. The number of nitrogens with one attached hydrogen (secondary N) is 1. The predicted molar refractivity (Wildman–Crippen MR) is 116 cm³/mol. The summed E-state index contributed by atoms with van der Waals surface area (Å²) in [6, 6.07) is 13.4. The molecule has 0 saturated carbocycles. The minimum atomic E-state index is -0.315. The number of methoxy groups -OCH3 is 1. The van der Waals surface area contributed by atoms with Gasteiger partial charge in [-0.3, -0.25) is 4.90 Å². The van der Waals surface area contributed by atoms with Crippen LogP contribution in [0.3, 0.4) is 0 Å². The number of H-pyrrole nitrogens is 1. The Bertz CT molecular complexity index is 1030. The fraction of sp³-hybridized carbons (Fsp3) is 0.348. The zero-order valence-electron chi connectivity index (χ0n) is 17.1. The molecule has 0 fully saturated rings. The average Bonchev–Trinajstić information content (AvgIpc) is 3.12. The van der Waals surface area contributed by atoms with Gasteiger partial charge < -0.3 is 19.2 Å². The Morgan fingerprint density at radius 2 is 2.00 bits per heavy atom. The minimum absolute atomic E-state index is 0.271. The molecule has 0 spiro atoms. The van der Waals surface area contributed by atoms with Crippen LogP contribution in [0.2, 0.25) is 5.02 Å². The summed E-state index contributed by atoms with van der Waals surface area (Å²) < 4.78 is 16.0. The van der Waals surface area contributed by atoms with Gasteiger partial charge in [0.05, 0.1) is 13.2 Å².